The molecule has 214 valence electrons. The predicted molar refractivity (Wildman–Crippen MR) is 165 cm³/mol. The normalized spacial score (nSPS) is 18.7. The van der Waals surface area contributed by atoms with Crippen molar-refractivity contribution in [2.45, 2.75) is 72.6 Å². The standard InChI is InChI=1S/C36H42N2O3/c1-24-12-10-13-25(2)31(24)23-38(33-20-26(33)3)34(39)32-22-37(35(40)41-36(4,5)6)19-18-30(32)29-17-11-16-28(21-29)27-14-8-7-9-15-27/h7-17,21,26,33H,18-20,22-23H2,1-6H3. The number of benzene rings is 3. The second-order valence-corrected chi connectivity index (χ2v) is 12.6. The lowest BCUT2D eigenvalue weighted by Crippen LogP contribution is -2.45. The van der Waals surface area contributed by atoms with Crippen LogP contribution in [0.5, 0.6) is 0 Å². The molecule has 3 aromatic carbocycles. The zero-order chi connectivity index (χ0) is 29.3. The zero-order valence-electron chi connectivity index (χ0n) is 25.2. The van der Waals surface area contributed by atoms with Crippen LogP contribution in [0.1, 0.15) is 62.8 Å². The Bertz CT molecular complexity index is 1450. The average Bonchev–Trinajstić information content (AvgIpc) is 3.67. The summed E-state index contributed by atoms with van der Waals surface area (Å²) in [7, 11) is 0. The summed E-state index contributed by atoms with van der Waals surface area (Å²) in [6.07, 6.45) is 1.22. The van der Waals surface area contributed by atoms with Gasteiger partial charge in [-0.25, -0.2) is 4.79 Å². The van der Waals surface area contributed by atoms with E-state index in [1.807, 2.05) is 39.0 Å². The van der Waals surface area contributed by atoms with Crippen molar-refractivity contribution in [3.05, 3.63) is 101 Å². The van der Waals surface area contributed by atoms with Gasteiger partial charge in [-0.15, -0.1) is 0 Å². The van der Waals surface area contributed by atoms with Crippen LogP contribution in [0.25, 0.3) is 16.7 Å². The van der Waals surface area contributed by atoms with E-state index in [0.29, 0.717) is 31.0 Å². The SMILES string of the molecule is Cc1cccc(C)c1CN(C(=O)C1=C(c2cccc(-c3ccccc3)c2)CCN(C(=O)OC(C)(C)C)C1)C1CC1C. The number of rotatable bonds is 6. The highest BCUT2D eigenvalue weighted by Crippen LogP contribution is 2.39. The Kier molecular flexibility index (Phi) is 8.08. The maximum atomic E-state index is 14.6. The molecule has 2 amide bonds. The summed E-state index contributed by atoms with van der Waals surface area (Å²) < 4.78 is 5.73. The summed E-state index contributed by atoms with van der Waals surface area (Å²) in [5.41, 5.74) is 7.98. The Labute approximate surface area is 244 Å². The van der Waals surface area contributed by atoms with Crippen molar-refractivity contribution in [2.24, 2.45) is 5.92 Å². The minimum absolute atomic E-state index is 0.0235. The second-order valence-electron chi connectivity index (χ2n) is 12.6. The van der Waals surface area contributed by atoms with Crippen LogP contribution in [-0.4, -0.2) is 46.5 Å². The molecule has 0 saturated heterocycles. The van der Waals surface area contributed by atoms with Crippen LogP contribution in [0, 0.1) is 19.8 Å². The van der Waals surface area contributed by atoms with Crippen LogP contribution in [0.2, 0.25) is 0 Å². The van der Waals surface area contributed by atoms with Gasteiger partial charge in [0.1, 0.15) is 5.60 Å². The Morgan fingerprint density at radius 1 is 0.902 bits per heavy atom. The van der Waals surface area contributed by atoms with Crippen molar-refractivity contribution in [2.75, 3.05) is 13.1 Å². The van der Waals surface area contributed by atoms with Crippen molar-refractivity contribution >= 4 is 17.6 Å². The Morgan fingerprint density at radius 2 is 1.51 bits per heavy atom. The first kappa shape index (κ1) is 28.7. The van der Waals surface area contributed by atoms with Gasteiger partial charge in [0.05, 0.1) is 6.54 Å². The van der Waals surface area contributed by atoms with Crippen LogP contribution in [0.15, 0.2) is 78.4 Å². The maximum Gasteiger partial charge on any atom is 0.410 e. The average molecular weight is 551 g/mol. The summed E-state index contributed by atoms with van der Waals surface area (Å²) in [5.74, 6) is 0.481. The first-order valence-electron chi connectivity index (χ1n) is 14.7. The lowest BCUT2D eigenvalue weighted by Gasteiger charge is -2.35. The Hall–Kier alpha value is -3.86. The molecule has 3 aromatic rings. The second kappa shape index (κ2) is 11.6. The summed E-state index contributed by atoms with van der Waals surface area (Å²) in [6.45, 7) is 13.4. The van der Waals surface area contributed by atoms with Crippen LogP contribution in [0.4, 0.5) is 4.79 Å². The van der Waals surface area contributed by atoms with Gasteiger partial charge in [0, 0.05) is 24.7 Å². The first-order valence-corrected chi connectivity index (χ1v) is 14.7. The van der Waals surface area contributed by atoms with Crippen LogP contribution in [-0.2, 0) is 16.1 Å². The van der Waals surface area contributed by atoms with E-state index in [1.54, 1.807) is 4.90 Å². The molecular weight excluding hydrogens is 508 g/mol. The number of amides is 2. The van der Waals surface area contributed by atoms with Crippen LogP contribution >= 0.6 is 0 Å². The topological polar surface area (TPSA) is 49.9 Å². The minimum atomic E-state index is -0.604. The molecule has 1 heterocycles. The highest BCUT2D eigenvalue weighted by Gasteiger charge is 2.43. The lowest BCUT2D eigenvalue weighted by molar-refractivity contribution is -0.128. The monoisotopic (exact) mass is 550 g/mol. The molecule has 2 aliphatic rings. The van der Waals surface area contributed by atoms with Crippen molar-refractivity contribution < 1.29 is 14.3 Å². The van der Waals surface area contributed by atoms with Gasteiger partial charge < -0.3 is 14.5 Å². The minimum Gasteiger partial charge on any atom is -0.444 e. The largest absolute Gasteiger partial charge is 0.444 e. The third kappa shape index (κ3) is 6.56. The molecule has 5 rings (SSSR count). The molecule has 2 atom stereocenters. The van der Waals surface area contributed by atoms with E-state index in [4.69, 9.17) is 4.74 Å². The van der Waals surface area contributed by atoms with Gasteiger partial charge in [0.15, 0.2) is 0 Å². The third-order valence-electron chi connectivity index (χ3n) is 8.27. The van der Waals surface area contributed by atoms with Crippen molar-refractivity contribution in [1.82, 2.24) is 9.80 Å². The highest BCUT2D eigenvalue weighted by molar-refractivity contribution is 6.03. The van der Waals surface area contributed by atoms with Crippen LogP contribution in [0.3, 0.4) is 0 Å². The highest BCUT2D eigenvalue weighted by atomic mass is 16.6. The number of carbonyl (C=O) groups is 2. The summed E-state index contributed by atoms with van der Waals surface area (Å²) in [6, 6.07) is 25.2. The number of hydrogen-bond donors (Lipinski definition) is 0. The summed E-state index contributed by atoms with van der Waals surface area (Å²) in [4.78, 5) is 31.6. The molecule has 1 aliphatic carbocycles. The van der Waals surface area contributed by atoms with Gasteiger partial charge in [-0.2, -0.15) is 0 Å². The quantitative estimate of drug-likeness (QED) is 0.315. The van der Waals surface area contributed by atoms with Gasteiger partial charge in [-0.1, -0.05) is 73.7 Å². The van der Waals surface area contributed by atoms with Gasteiger partial charge >= 0.3 is 6.09 Å². The van der Waals surface area contributed by atoms with Crippen molar-refractivity contribution in [3.8, 4) is 11.1 Å². The smallest absolute Gasteiger partial charge is 0.410 e. The molecule has 5 heteroatoms. The number of aryl methyl sites for hydroxylation is 2. The fraction of sp³-hybridized carbons (Fsp3) is 0.389. The maximum absolute atomic E-state index is 14.6. The Balaban J connectivity index is 1.56. The predicted octanol–water partition coefficient (Wildman–Crippen LogP) is 7.80. The molecule has 0 N–H and O–H groups in total. The molecule has 0 spiro atoms. The molecule has 1 aliphatic heterocycles. The van der Waals surface area contributed by atoms with Crippen molar-refractivity contribution in [1.29, 1.82) is 0 Å². The third-order valence-corrected chi connectivity index (χ3v) is 8.27. The lowest BCUT2D eigenvalue weighted by atomic mass is 9.90. The summed E-state index contributed by atoms with van der Waals surface area (Å²) in [5, 5.41) is 0. The van der Waals surface area contributed by atoms with E-state index in [1.165, 1.54) is 16.7 Å². The fourth-order valence-corrected chi connectivity index (χ4v) is 5.80. The summed E-state index contributed by atoms with van der Waals surface area (Å²) >= 11 is 0. The molecule has 5 nitrogen and oxygen atoms in total. The molecule has 0 aromatic heterocycles. The number of ether oxygens (including phenoxy) is 1. The molecular formula is C36H42N2O3. The van der Waals surface area contributed by atoms with Crippen LogP contribution < -0.4 is 0 Å². The van der Waals surface area contributed by atoms with E-state index < -0.39 is 5.60 Å². The van der Waals surface area contributed by atoms with Gasteiger partial charge in [0.25, 0.3) is 5.91 Å². The van der Waals surface area contributed by atoms with Gasteiger partial charge in [-0.05, 0) is 98.4 Å². The Morgan fingerprint density at radius 3 is 2.15 bits per heavy atom. The van der Waals surface area contributed by atoms with E-state index in [0.717, 1.165) is 28.7 Å². The van der Waals surface area contributed by atoms with E-state index in [2.05, 4.69) is 80.3 Å². The molecule has 1 saturated carbocycles. The van der Waals surface area contributed by atoms with E-state index in [-0.39, 0.29) is 24.6 Å². The van der Waals surface area contributed by atoms with Crippen molar-refractivity contribution in [3.63, 3.8) is 0 Å². The molecule has 2 unspecified atom stereocenters. The molecule has 41 heavy (non-hydrogen) atoms. The fourth-order valence-electron chi connectivity index (χ4n) is 5.80. The number of nitrogens with zero attached hydrogens (tertiary/aromatic N) is 2. The van der Waals surface area contributed by atoms with Gasteiger partial charge in [-0.3, -0.25) is 4.79 Å². The zero-order valence-corrected chi connectivity index (χ0v) is 25.2. The molecule has 0 radical (unpaired) electrons. The number of carbonyl (C=O) groups excluding carboxylic acids is 2. The molecule has 1 fully saturated rings. The number of hydrogen-bond acceptors (Lipinski definition) is 3. The van der Waals surface area contributed by atoms with E-state index >= 15 is 0 Å². The first-order chi connectivity index (χ1) is 19.5. The van der Waals surface area contributed by atoms with E-state index in [9.17, 15) is 9.59 Å². The molecule has 0 bridgehead atoms. The van der Waals surface area contributed by atoms with Gasteiger partial charge in [0.2, 0.25) is 0 Å².